The maximum absolute atomic E-state index is 14.2. The molecule has 0 radical (unpaired) electrons. The molecular weight excluding hydrogens is 224 g/mol. The Hall–Kier alpha value is -1.58. The highest BCUT2D eigenvalue weighted by molar-refractivity contribution is 5.87. The molecule has 0 aliphatic heterocycles. The van der Waals surface area contributed by atoms with Crippen LogP contribution in [0, 0.1) is 25.5 Å². The molecule has 1 aromatic heterocycles. The second-order valence-corrected chi connectivity index (χ2v) is 4.10. The molecular formula is C13H15F2NO. The fourth-order valence-electron chi connectivity index (χ4n) is 2.12. The van der Waals surface area contributed by atoms with Gasteiger partial charge < -0.3 is 9.30 Å². The molecule has 0 saturated carbocycles. The minimum atomic E-state index is -0.482. The van der Waals surface area contributed by atoms with Crippen LogP contribution in [0.25, 0.3) is 10.9 Å². The number of hydrogen-bond donors (Lipinski definition) is 0. The third-order valence-corrected chi connectivity index (χ3v) is 3.21. The van der Waals surface area contributed by atoms with E-state index in [1.54, 1.807) is 25.5 Å². The number of aryl methyl sites for hydroxylation is 2. The Labute approximate surface area is 98.8 Å². The molecule has 17 heavy (non-hydrogen) atoms. The van der Waals surface area contributed by atoms with Crippen LogP contribution in [0.15, 0.2) is 6.07 Å². The predicted molar refractivity (Wildman–Crippen MR) is 63.5 cm³/mol. The first-order valence-corrected chi connectivity index (χ1v) is 5.55. The van der Waals surface area contributed by atoms with Gasteiger partial charge in [0.05, 0.1) is 12.1 Å². The summed E-state index contributed by atoms with van der Waals surface area (Å²) in [5, 5.41) is 0.313. The van der Waals surface area contributed by atoms with Gasteiger partial charge in [-0.1, -0.05) is 0 Å². The highest BCUT2D eigenvalue weighted by atomic mass is 19.1. The molecule has 2 rings (SSSR count). The topological polar surface area (TPSA) is 14.2 Å². The zero-order valence-electron chi connectivity index (χ0n) is 10.4. The second-order valence-electron chi connectivity index (χ2n) is 4.10. The fourth-order valence-corrected chi connectivity index (χ4v) is 2.12. The van der Waals surface area contributed by atoms with Crippen molar-refractivity contribution in [3.63, 3.8) is 0 Å². The normalized spacial score (nSPS) is 11.2. The number of aromatic nitrogens is 1. The summed E-state index contributed by atoms with van der Waals surface area (Å²) in [6.45, 7) is 5.68. The van der Waals surface area contributed by atoms with Crippen molar-refractivity contribution in [2.24, 2.45) is 7.05 Å². The number of hydrogen-bond acceptors (Lipinski definition) is 1. The first-order valence-electron chi connectivity index (χ1n) is 5.55. The van der Waals surface area contributed by atoms with Gasteiger partial charge in [0, 0.05) is 24.2 Å². The van der Waals surface area contributed by atoms with E-state index in [4.69, 9.17) is 4.74 Å². The Bertz CT molecular complexity index is 587. The van der Waals surface area contributed by atoms with Crippen molar-refractivity contribution in [1.29, 1.82) is 0 Å². The predicted octanol–water partition coefficient (Wildman–Crippen LogP) is 3.47. The molecule has 0 bridgehead atoms. The lowest BCUT2D eigenvalue weighted by Crippen LogP contribution is -1.98. The van der Waals surface area contributed by atoms with E-state index in [1.165, 1.54) is 0 Å². The lowest BCUT2D eigenvalue weighted by atomic mass is 10.1. The monoisotopic (exact) mass is 239 g/mol. The van der Waals surface area contributed by atoms with E-state index in [0.29, 0.717) is 17.5 Å². The zero-order chi connectivity index (χ0) is 12.7. The molecule has 1 heterocycles. The molecule has 0 amide bonds. The van der Waals surface area contributed by atoms with Crippen molar-refractivity contribution in [3.8, 4) is 5.75 Å². The number of rotatable bonds is 2. The van der Waals surface area contributed by atoms with E-state index < -0.39 is 11.6 Å². The molecule has 0 N–H and O–H groups in total. The van der Waals surface area contributed by atoms with Crippen LogP contribution in [-0.4, -0.2) is 11.2 Å². The summed E-state index contributed by atoms with van der Waals surface area (Å²) in [6, 6.07) is 1.11. The molecule has 0 unspecified atom stereocenters. The summed E-state index contributed by atoms with van der Waals surface area (Å²) in [5.74, 6) is -0.959. The Balaban J connectivity index is 2.89. The number of nitrogens with zero attached hydrogens (tertiary/aromatic N) is 1. The van der Waals surface area contributed by atoms with E-state index in [-0.39, 0.29) is 5.75 Å². The van der Waals surface area contributed by atoms with Gasteiger partial charge in [-0.2, -0.15) is 0 Å². The van der Waals surface area contributed by atoms with Crippen LogP contribution in [0.5, 0.6) is 5.75 Å². The third-order valence-electron chi connectivity index (χ3n) is 3.21. The van der Waals surface area contributed by atoms with E-state index in [2.05, 4.69) is 0 Å². The van der Waals surface area contributed by atoms with Gasteiger partial charge in [-0.3, -0.25) is 0 Å². The largest absolute Gasteiger partial charge is 0.491 e. The molecule has 2 aromatic rings. The lowest BCUT2D eigenvalue weighted by molar-refractivity contribution is 0.321. The lowest BCUT2D eigenvalue weighted by Gasteiger charge is -2.07. The van der Waals surface area contributed by atoms with Crippen LogP contribution in [-0.2, 0) is 7.05 Å². The molecule has 0 atom stereocenters. The van der Waals surface area contributed by atoms with Gasteiger partial charge in [0.2, 0.25) is 0 Å². The highest BCUT2D eigenvalue weighted by Gasteiger charge is 2.20. The number of ether oxygens (including phenoxy) is 1. The van der Waals surface area contributed by atoms with E-state index >= 15 is 0 Å². The van der Waals surface area contributed by atoms with E-state index in [0.717, 1.165) is 17.3 Å². The fraction of sp³-hybridized carbons (Fsp3) is 0.385. The zero-order valence-corrected chi connectivity index (χ0v) is 10.4. The van der Waals surface area contributed by atoms with Crippen molar-refractivity contribution >= 4 is 10.9 Å². The SMILES string of the molecule is CCOc1cc(F)c2c(c(C)c(C)n2C)c1F. The third kappa shape index (κ3) is 1.59. The van der Waals surface area contributed by atoms with Crippen LogP contribution < -0.4 is 4.74 Å². The summed E-state index contributed by atoms with van der Waals surface area (Å²) in [4.78, 5) is 0. The van der Waals surface area contributed by atoms with Gasteiger partial charge in [-0.25, -0.2) is 8.78 Å². The number of benzene rings is 1. The van der Waals surface area contributed by atoms with Crippen molar-refractivity contribution in [3.05, 3.63) is 29.0 Å². The Kier molecular flexibility index (Phi) is 2.81. The van der Waals surface area contributed by atoms with Gasteiger partial charge in [0.25, 0.3) is 0 Å². The summed E-state index contributed by atoms with van der Waals surface area (Å²) in [5.41, 5.74) is 1.90. The van der Waals surface area contributed by atoms with Crippen molar-refractivity contribution < 1.29 is 13.5 Å². The summed E-state index contributed by atoms with van der Waals surface area (Å²) in [7, 11) is 1.73. The quantitative estimate of drug-likeness (QED) is 0.782. The Morgan fingerprint density at radius 3 is 2.53 bits per heavy atom. The average molecular weight is 239 g/mol. The molecule has 4 heteroatoms. The van der Waals surface area contributed by atoms with Crippen molar-refractivity contribution in [1.82, 2.24) is 4.57 Å². The van der Waals surface area contributed by atoms with Gasteiger partial charge >= 0.3 is 0 Å². The highest BCUT2D eigenvalue weighted by Crippen LogP contribution is 2.34. The van der Waals surface area contributed by atoms with Crippen LogP contribution in [0.2, 0.25) is 0 Å². The van der Waals surface area contributed by atoms with Crippen molar-refractivity contribution in [2.75, 3.05) is 6.61 Å². The molecule has 2 nitrogen and oxygen atoms in total. The Morgan fingerprint density at radius 2 is 1.94 bits per heavy atom. The minimum Gasteiger partial charge on any atom is -0.491 e. The molecule has 0 saturated heterocycles. The standard InChI is InChI=1S/C13H15F2NO/c1-5-17-10-6-9(14)13-11(12(10)15)7(2)8(3)16(13)4/h6H,5H2,1-4H3. The number of fused-ring (bicyclic) bond motifs is 1. The smallest absolute Gasteiger partial charge is 0.174 e. The van der Waals surface area contributed by atoms with Crippen molar-refractivity contribution in [2.45, 2.75) is 20.8 Å². The first-order chi connectivity index (χ1) is 7.99. The van der Waals surface area contributed by atoms with Crippen LogP contribution >= 0.6 is 0 Å². The van der Waals surface area contributed by atoms with Crippen LogP contribution in [0.3, 0.4) is 0 Å². The van der Waals surface area contributed by atoms with E-state index in [9.17, 15) is 8.78 Å². The van der Waals surface area contributed by atoms with Crippen LogP contribution in [0.1, 0.15) is 18.2 Å². The summed E-state index contributed by atoms with van der Waals surface area (Å²) in [6.07, 6.45) is 0. The molecule has 0 spiro atoms. The summed E-state index contributed by atoms with van der Waals surface area (Å²) < 4.78 is 34.9. The Morgan fingerprint density at radius 1 is 1.29 bits per heavy atom. The van der Waals surface area contributed by atoms with E-state index in [1.807, 2.05) is 6.92 Å². The van der Waals surface area contributed by atoms with Gasteiger partial charge in [0.15, 0.2) is 17.4 Å². The number of halogens is 2. The molecule has 92 valence electrons. The van der Waals surface area contributed by atoms with Gasteiger partial charge in [-0.15, -0.1) is 0 Å². The minimum absolute atomic E-state index is 0.0220. The molecule has 0 aliphatic rings. The summed E-state index contributed by atoms with van der Waals surface area (Å²) >= 11 is 0. The maximum Gasteiger partial charge on any atom is 0.174 e. The second kappa shape index (κ2) is 4.02. The average Bonchev–Trinajstić information content (AvgIpc) is 2.51. The molecule has 0 fully saturated rings. The van der Waals surface area contributed by atoms with Crippen LogP contribution in [0.4, 0.5) is 8.78 Å². The molecule has 1 aromatic carbocycles. The molecule has 0 aliphatic carbocycles. The maximum atomic E-state index is 14.2. The van der Waals surface area contributed by atoms with Gasteiger partial charge in [0.1, 0.15) is 0 Å². The first kappa shape index (κ1) is 11.9. The van der Waals surface area contributed by atoms with Gasteiger partial charge in [-0.05, 0) is 26.3 Å².